The quantitative estimate of drug-likeness (QED) is 0.106. The first-order chi connectivity index (χ1) is 28.8. The van der Waals surface area contributed by atoms with Crippen LogP contribution < -0.4 is 0 Å². The summed E-state index contributed by atoms with van der Waals surface area (Å²) in [5.41, 5.74) is 20.2. The first-order valence-electron chi connectivity index (χ1n) is 19.9. The van der Waals surface area contributed by atoms with Crippen LogP contribution in [0.5, 0.6) is 0 Å². The summed E-state index contributed by atoms with van der Waals surface area (Å²) in [6.07, 6.45) is 0. The normalized spacial score (nSPS) is 10.6. The van der Waals surface area contributed by atoms with Gasteiger partial charge in [-0.25, -0.2) is 0 Å². The van der Waals surface area contributed by atoms with Gasteiger partial charge < -0.3 is 51.6 Å². The number of hydrogen-bond donors (Lipinski definition) is 0. The Bertz CT molecular complexity index is 2410. The van der Waals surface area contributed by atoms with Crippen molar-refractivity contribution >= 4 is 0 Å². The molecule has 0 aliphatic heterocycles. The molecule has 10 rings (SSSR count). The Hall–Kier alpha value is -7.02. The molecule has 288 valence electrons. The van der Waals surface area contributed by atoms with E-state index in [9.17, 15) is 0 Å². The van der Waals surface area contributed by atoms with E-state index in [1.165, 1.54) is 89.0 Å². The zero-order chi connectivity index (χ0) is 38.9. The first-order valence-corrected chi connectivity index (χ1v) is 19.9. The second kappa shape index (κ2) is 18.5. The molecule has 0 spiro atoms. The molecule has 0 atom stereocenters. The van der Waals surface area contributed by atoms with Gasteiger partial charge in [0.2, 0.25) is 0 Å². The molecule has 0 nitrogen and oxygen atoms in total. The third-order valence-corrected chi connectivity index (χ3v) is 10.7. The van der Waals surface area contributed by atoms with Gasteiger partial charge in [-0.15, -0.1) is 29.8 Å². The van der Waals surface area contributed by atoms with Crippen molar-refractivity contribution in [2.24, 2.45) is 0 Å². The SMILES string of the molecule is [Fe].c1ccc(-[c-]2[cH-][c-](-c3ccccc3)[c-](-c3ccccc3)[c-]2-c2ccccc2)cc1.c1ccc(-c2c[c-](-c3ccccc3)c(-c3ccccc3)c2-c2ccccc2)cc1. The maximum atomic E-state index is 2.36. The Balaban J connectivity index is 0.000000161. The van der Waals surface area contributed by atoms with Crippen LogP contribution in [-0.2, 0) is 17.1 Å². The fourth-order valence-electron chi connectivity index (χ4n) is 8.12. The molecule has 0 bridgehead atoms. The van der Waals surface area contributed by atoms with E-state index >= 15 is 0 Å². The summed E-state index contributed by atoms with van der Waals surface area (Å²) >= 11 is 0. The Morgan fingerprint density at radius 1 is 0.288 bits per heavy atom. The predicted molar refractivity (Wildman–Crippen MR) is 248 cm³/mol. The van der Waals surface area contributed by atoms with E-state index in [0.29, 0.717) is 0 Å². The molecule has 0 fully saturated rings. The third-order valence-electron chi connectivity index (χ3n) is 10.7. The average molecular weight is 795 g/mol. The minimum atomic E-state index is 0. The van der Waals surface area contributed by atoms with Crippen LogP contribution in [0.15, 0.2) is 255 Å². The monoisotopic (exact) mass is 794 g/mol. The van der Waals surface area contributed by atoms with Gasteiger partial charge in [0, 0.05) is 17.1 Å². The van der Waals surface area contributed by atoms with Crippen molar-refractivity contribution in [1.29, 1.82) is 0 Å². The van der Waals surface area contributed by atoms with Crippen LogP contribution >= 0.6 is 0 Å². The van der Waals surface area contributed by atoms with Gasteiger partial charge in [0.25, 0.3) is 0 Å². The van der Waals surface area contributed by atoms with Gasteiger partial charge in [-0.05, 0) is 0 Å². The van der Waals surface area contributed by atoms with Gasteiger partial charge in [-0.2, -0.15) is 42.0 Å². The van der Waals surface area contributed by atoms with Crippen LogP contribution in [-0.4, -0.2) is 0 Å². The van der Waals surface area contributed by atoms with Crippen LogP contribution in [0.3, 0.4) is 0 Å². The first kappa shape index (κ1) is 38.8. The molecule has 0 aromatic heterocycles. The summed E-state index contributed by atoms with van der Waals surface area (Å²) in [4.78, 5) is 0. The maximum absolute atomic E-state index is 2.36. The van der Waals surface area contributed by atoms with Gasteiger partial charge >= 0.3 is 0 Å². The van der Waals surface area contributed by atoms with E-state index in [2.05, 4.69) is 255 Å². The number of benzene rings is 8. The fourth-order valence-corrected chi connectivity index (χ4v) is 8.12. The molecule has 59 heavy (non-hydrogen) atoms. The minimum absolute atomic E-state index is 0. The van der Waals surface area contributed by atoms with E-state index in [1.807, 2.05) is 0 Å². The number of hydrogen-bond acceptors (Lipinski definition) is 0. The topological polar surface area (TPSA) is 0 Å². The maximum Gasteiger partial charge on any atom is 0 e. The largest absolute Gasteiger partial charge is 0.533 e. The van der Waals surface area contributed by atoms with Crippen molar-refractivity contribution in [3.05, 3.63) is 255 Å². The molecule has 0 saturated heterocycles. The molecule has 0 unspecified atom stereocenters. The molecular formula is C58H42Fe-6. The third kappa shape index (κ3) is 8.36. The molecule has 0 heterocycles. The molecule has 0 radical (unpaired) electrons. The molecule has 1 heteroatoms. The summed E-state index contributed by atoms with van der Waals surface area (Å²) in [7, 11) is 0. The van der Waals surface area contributed by atoms with Crippen LogP contribution in [0.4, 0.5) is 0 Å². The van der Waals surface area contributed by atoms with Gasteiger partial charge in [0.15, 0.2) is 0 Å². The van der Waals surface area contributed by atoms with Crippen LogP contribution in [0.25, 0.3) is 89.0 Å². The van der Waals surface area contributed by atoms with Crippen molar-refractivity contribution in [2.75, 3.05) is 0 Å². The summed E-state index contributed by atoms with van der Waals surface area (Å²) < 4.78 is 0. The zero-order valence-electron chi connectivity index (χ0n) is 32.6. The van der Waals surface area contributed by atoms with Crippen molar-refractivity contribution < 1.29 is 17.1 Å². The molecule has 10 aromatic rings. The predicted octanol–water partition coefficient (Wildman–Crippen LogP) is 16.1. The van der Waals surface area contributed by atoms with Gasteiger partial charge in [-0.3, -0.25) is 5.56 Å². The van der Waals surface area contributed by atoms with E-state index < -0.39 is 0 Å². The average Bonchev–Trinajstić information content (AvgIpc) is 3.93. The van der Waals surface area contributed by atoms with Crippen molar-refractivity contribution in [2.45, 2.75) is 0 Å². The summed E-state index contributed by atoms with van der Waals surface area (Å²) in [6, 6.07) is 90.5. The van der Waals surface area contributed by atoms with Crippen LogP contribution in [0.2, 0.25) is 0 Å². The molecule has 0 saturated carbocycles. The van der Waals surface area contributed by atoms with E-state index in [0.717, 1.165) is 0 Å². The zero-order valence-corrected chi connectivity index (χ0v) is 33.7. The van der Waals surface area contributed by atoms with Crippen molar-refractivity contribution in [3.8, 4) is 89.0 Å². The van der Waals surface area contributed by atoms with Gasteiger partial charge in [-0.1, -0.05) is 215 Å². The van der Waals surface area contributed by atoms with E-state index in [4.69, 9.17) is 0 Å². The van der Waals surface area contributed by atoms with Gasteiger partial charge in [0.1, 0.15) is 0 Å². The summed E-state index contributed by atoms with van der Waals surface area (Å²) in [5.74, 6) is 0. The Labute approximate surface area is 359 Å². The molecule has 0 amide bonds. The molecule has 0 aliphatic rings. The fraction of sp³-hybridized carbons (Fsp3) is 0. The Morgan fingerprint density at radius 3 is 0.983 bits per heavy atom. The summed E-state index contributed by atoms with van der Waals surface area (Å²) in [6.45, 7) is 0. The van der Waals surface area contributed by atoms with Gasteiger partial charge in [0.05, 0.1) is 0 Å². The van der Waals surface area contributed by atoms with E-state index in [1.54, 1.807) is 0 Å². The molecular weight excluding hydrogens is 752 g/mol. The van der Waals surface area contributed by atoms with Crippen LogP contribution in [0, 0.1) is 0 Å². The minimum Gasteiger partial charge on any atom is -0.533 e. The number of rotatable bonds is 8. The van der Waals surface area contributed by atoms with Crippen molar-refractivity contribution in [1.82, 2.24) is 0 Å². The second-order valence-corrected chi connectivity index (χ2v) is 14.4. The Kier molecular flexibility index (Phi) is 12.2. The van der Waals surface area contributed by atoms with E-state index in [-0.39, 0.29) is 17.1 Å². The molecule has 0 aliphatic carbocycles. The summed E-state index contributed by atoms with van der Waals surface area (Å²) in [5, 5.41) is 0. The van der Waals surface area contributed by atoms with Crippen LogP contribution in [0.1, 0.15) is 0 Å². The Morgan fingerprint density at radius 2 is 0.593 bits per heavy atom. The molecule has 0 N–H and O–H groups in total. The molecule has 10 aromatic carbocycles. The standard InChI is InChI=1S/2C29H21.Fe/c2*1-5-13-22(14-6-1)26-21-27(23-15-7-2-8-16-23)29(25-19-11-4-12-20-25)28(26)24-17-9-3-10-18-24;/h2*1-21H;/q-5;-1;. The second-order valence-electron chi connectivity index (χ2n) is 14.4. The smallest absolute Gasteiger partial charge is 0 e. The van der Waals surface area contributed by atoms with Crippen molar-refractivity contribution in [3.63, 3.8) is 0 Å².